The number of hydrogen-bond donors (Lipinski definition) is 1. The van der Waals surface area contributed by atoms with E-state index in [1.165, 1.54) is 19.3 Å². The van der Waals surface area contributed by atoms with Crippen molar-refractivity contribution in [3.63, 3.8) is 0 Å². The number of rotatable bonds is 3. The van der Waals surface area contributed by atoms with E-state index in [9.17, 15) is 9.59 Å². The van der Waals surface area contributed by atoms with Gasteiger partial charge in [0.2, 0.25) is 5.91 Å². The molecule has 116 valence electrons. The van der Waals surface area contributed by atoms with Gasteiger partial charge < -0.3 is 15.0 Å². The van der Waals surface area contributed by atoms with Gasteiger partial charge in [-0.2, -0.15) is 0 Å². The SMILES string of the molecule is CC(C)(C)OC(=O)NCCC(=O)N1CCCCCCC1. The lowest BCUT2D eigenvalue weighted by Gasteiger charge is -2.25. The molecule has 0 unspecified atom stereocenters. The molecule has 2 amide bonds. The Balaban J connectivity index is 2.23. The first kappa shape index (κ1) is 16.8. The van der Waals surface area contributed by atoms with E-state index in [0.29, 0.717) is 13.0 Å². The van der Waals surface area contributed by atoms with Crippen molar-refractivity contribution in [2.45, 2.75) is 64.9 Å². The first-order valence-electron chi connectivity index (χ1n) is 7.63. The second-order valence-corrected chi connectivity index (χ2v) is 6.33. The summed E-state index contributed by atoms with van der Waals surface area (Å²) in [4.78, 5) is 25.4. The second-order valence-electron chi connectivity index (χ2n) is 6.33. The summed E-state index contributed by atoms with van der Waals surface area (Å²) in [6.45, 7) is 7.49. The van der Waals surface area contributed by atoms with Gasteiger partial charge in [0.25, 0.3) is 0 Å². The van der Waals surface area contributed by atoms with Crippen molar-refractivity contribution in [3.8, 4) is 0 Å². The van der Waals surface area contributed by atoms with Crippen LogP contribution in [0, 0.1) is 0 Å². The first-order valence-corrected chi connectivity index (χ1v) is 7.63. The first-order chi connectivity index (χ1) is 9.38. The van der Waals surface area contributed by atoms with Crippen LogP contribution in [0.2, 0.25) is 0 Å². The number of carbonyl (C=O) groups is 2. The van der Waals surface area contributed by atoms with E-state index in [-0.39, 0.29) is 5.91 Å². The van der Waals surface area contributed by atoms with Crippen molar-refractivity contribution in [1.29, 1.82) is 0 Å². The van der Waals surface area contributed by atoms with Crippen molar-refractivity contribution in [2.75, 3.05) is 19.6 Å². The molecule has 1 aliphatic rings. The molecule has 0 spiro atoms. The minimum absolute atomic E-state index is 0.128. The van der Waals surface area contributed by atoms with E-state index in [1.54, 1.807) is 0 Å². The van der Waals surface area contributed by atoms with Gasteiger partial charge in [-0.3, -0.25) is 4.79 Å². The predicted octanol–water partition coefficient (Wildman–Crippen LogP) is 2.69. The number of hydrogen-bond acceptors (Lipinski definition) is 3. The van der Waals surface area contributed by atoms with Gasteiger partial charge in [0.1, 0.15) is 5.60 Å². The highest BCUT2D eigenvalue weighted by Gasteiger charge is 2.17. The van der Waals surface area contributed by atoms with Gasteiger partial charge in [0, 0.05) is 26.1 Å². The molecule has 1 heterocycles. The molecule has 5 heteroatoms. The molecule has 0 saturated carbocycles. The Hall–Kier alpha value is -1.26. The van der Waals surface area contributed by atoms with E-state index in [2.05, 4.69) is 5.32 Å². The monoisotopic (exact) mass is 284 g/mol. The highest BCUT2D eigenvalue weighted by molar-refractivity contribution is 5.77. The molecule has 0 atom stereocenters. The normalized spacial score (nSPS) is 17.1. The Morgan fingerprint density at radius 3 is 2.15 bits per heavy atom. The van der Waals surface area contributed by atoms with Gasteiger partial charge in [-0.15, -0.1) is 0 Å². The van der Waals surface area contributed by atoms with Crippen molar-refractivity contribution in [1.82, 2.24) is 10.2 Å². The quantitative estimate of drug-likeness (QED) is 0.867. The number of ether oxygens (including phenoxy) is 1. The molecule has 5 nitrogen and oxygen atoms in total. The molecule has 0 bridgehead atoms. The van der Waals surface area contributed by atoms with Crippen LogP contribution in [-0.4, -0.2) is 42.1 Å². The number of nitrogens with one attached hydrogen (secondary N) is 1. The molecule has 20 heavy (non-hydrogen) atoms. The maximum absolute atomic E-state index is 12.1. The molecule has 1 saturated heterocycles. The van der Waals surface area contributed by atoms with Gasteiger partial charge in [-0.1, -0.05) is 19.3 Å². The van der Waals surface area contributed by atoms with E-state index in [0.717, 1.165) is 25.9 Å². The maximum Gasteiger partial charge on any atom is 0.407 e. The van der Waals surface area contributed by atoms with Crippen molar-refractivity contribution in [3.05, 3.63) is 0 Å². The van der Waals surface area contributed by atoms with Crippen LogP contribution < -0.4 is 5.32 Å². The fourth-order valence-electron chi connectivity index (χ4n) is 2.24. The summed E-state index contributed by atoms with van der Waals surface area (Å²) in [5, 5.41) is 2.63. The van der Waals surface area contributed by atoms with Gasteiger partial charge in [-0.05, 0) is 33.6 Å². The standard InChI is InChI=1S/C15H28N2O3/c1-15(2,3)20-14(19)16-10-9-13(18)17-11-7-5-4-6-8-12-17/h4-12H2,1-3H3,(H,16,19). The molecule has 0 radical (unpaired) electrons. The van der Waals surface area contributed by atoms with Crippen molar-refractivity contribution < 1.29 is 14.3 Å². The number of carbonyl (C=O) groups excluding carboxylic acids is 2. The van der Waals surface area contributed by atoms with E-state index >= 15 is 0 Å². The van der Waals surface area contributed by atoms with Gasteiger partial charge >= 0.3 is 6.09 Å². The third-order valence-corrected chi connectivity index (χ3v) is 3.22. The van der Waals surface area contributed by atoms with E-state index in [4.69, 9.17) is 4.74 Å². The Kier molecular flexibility index (Phi) is 6.82. The predicted molar refractivity (Wildman–Crippen MR) is 78.5 cm³/mol. The van der Waals surface area contributed by atoms with Crippen LogP contribution in [0.4, 0.5) is 4.79 Å². The van der Waals surface area contributed by atoms with Crippen LogP contribution in [0.5, 0.6) is 0 Å². The van der Waals surface area contributed by atoms with Crippen LogP contribution in [0.15, 0.2) is 0 Å². The van der Waals surface area contributed by atoms with E-state index < -0.39 is 11.7 Å². The largest absolute Gasteiger partial charge is 0.444 e. The second kappa shape index (κ2) is 8.12. The lowest BCUT2D eigenvalue weighted by atomic mass is 10.1. The zero-order valence-electron chi connectivity index (χ0n) is 13.0. The molecular weight excluding hydrogens is 256 g/mol. The number of likely N-dealkylation sites (tertiary alicyclic amines) is 1. The molecule has 1 rings (SSSR count). The molecule has 0 aromatic heterocycles. The fourth-order valence-corrected chi connectivity index (χ4v) is 2.24. The molecule has 0 aliphatic carbocycles. The molecule has 0 aromatic carbocycles. The summed E-state index contributed by atoms with van der Waals surface area (Å²) in [6.07, 6.45) is 5.76. The molecular formula is C15H28N2O3. The Labute approximate surface area is 122 Å². The van der Waals surface area contributed by atoms with Crippen LogP contribution >= 0.6 is 0 Å². The number of nitrogens with zero attached hydrogens (tertiary/aromatic N) is 1. The Morgan fingerprint density at radius 1 is 1.05 bits per heavy atom. The smallest absolute Gasteiger partial charge is 0.407 e. The van der Waals surface area contributed by atoms with Crippen LogP contribution in [0.1, 0.15) is 59.3 Å². The van der Waals surface area contributed by atoms with Crippen LogP contribution in [-0.2, 0) is 9.53 Å². The van der Waals surface area contributed by atoms with Crippen LogP contribution in [0.25, 0.3) is 0 Å². The molecule has 1 aliphatic heterocycles. The summed E-state index contributed by atoms with van der Waals surface area (Å²) >= 11 is 0. The summed E-state index contributed by atoms with van der Waals surface area (Å²) in [6, 6.07) is 0. The Morgan fingerprint density at radius 2 is 1.60 bits per heavy atom. The average Bonchev–Trinajstić information content (AvgIpc) is 2.25. The van der Waals surface area contributed by atoms with Gasteiger partial charge in [0.15, 0.2) is 0 Å². The lowest BCUT2D eigenvalue weighted by molar-refractivity contribution is -0.131. The zero-order valence-corrected chi connectivity index (χ0v) is 13.0. The molecule has 1 N–H and O–H groups in total. The number of amides is 2. The average molecular weight is 284 g/mol. The highest BCUT2D eigenvalue weighted by atomic mass is 16.6. The Bertz CT molecular complexity index is 316. The lowest BCUT2D eigenvalue weighted by Crippen LogP contribution is -2.38. The minimum Gasteiger partial charge on any atom is -0.444 e. The number of alkyl carbamates (subject to hydrolysis) is 1. The zero-order chi connectivity index (χ0) is 15.0. The van der Waals surface area contributed by atoms with Crippen LogP contribution in [0.3, 0.4) is 0 Å². The summed E-state index contributed by atoms with van der Waals surface area (Å²) in [5.74, 6) is 0.128. The summed E-state index contributed by atoms with van der Waals surface area (Å²) in [7, 11) is 0. The van der Waals surface area contributed by atoms with E-state index in [1.807, 2.05) is 25.7 Å². The fraction of sp³-hybridized carbons (Fsp3) is 0.867. The third kappa shape index (κ3) is 7.36. The van der Waals surface area contributed by atoms with Gasteiger partial charge in [-0.25, -0.2) is 4.79 Å². The van der Waals surface area contributed by atoms with Crippen molar-refractivity contribution in [2.24, 2.45) is 0 Å². The van der Waals surface area contributed by atoms with Crippen molar-refractivity contribution >= 4 is 12.0 Å². The summed E-state index contributed by atoms with van der Waals surface area (Å²) < 4.78 is 5.13. The van der Waals surface area contributed by atoms with Gasteiger partial charge in [0.05, 0.1) is 0 Å². The minimum atomic E-state index is -0.503. The summed E-state index contributed by atoms with van der Waals surface area (Å²) in [5.41, 5.74) is -0.503. The maximum atomic E-state index is 12.1. The molecule has 1 fully saturated rings. The topological polar surface area (TPSA) is 58.6 Å². The third-order valence-electron chi connectivity index (χ3n) is 3.22. The molecule has 0 aromatic rings. The highest BCUT2D eigenvalue weighted by Crippen LogP contribution is 2.11.